The van der Waals surface area contributed by atoms with E-state index in [1.807, 2.05) is 0 Å². The molecule has 4 aliphatic rings. The van der Waals surface area contributed by atoms with Crippen molar-refractivity contribution in [3.63, 3.8) is 0 Å². The number of anilines is 2. The predicted molar refractivity (Wildman–Crippen MR) is 171 cm³/mol. The number of ether oxygens (including phenoxy) is 1. The summed E-state index contributed by atoms with van der Waals surface area (Å²) >= 11 is 14.2. The number of fused-ring (bicyclic) bond motifs is 4. The molecule has 6 unspecified atom stereocenters. The first-order valence-corrected chi connectivity index (χ1v) is 16.3. The summed E-state index contributed by atoms with van der Waals surface area (Å²) in [6.45, 7) is -0.413. The Hall–Kier alpha value is -4.93. The molecular weight excluding hydrogens is 744 g/mol. The Bertz CT molecular complexity index is 2110. The van der Waals surface area contributed by atoms with E-state index in [1.54, 1.807) is 0 Å². The van der Waals surface area contributed by atoms with Crippen LogP contribution >= 0.6 is 23.2 Å². The second-order valence-corrected chi connectivity index (χ2v) is 13.9. The van der Waals surface area contributed by atoms with E-state index in [2.05, 4.69) is 0 Å². The fourth-order valence-corrected chi connectivity index (χ4v) is 8.77. The summed E-state index contributed by atoms with van der Waals surface area (Å²) in [4.78, 5) is 62.3. The van der Waals surface area contributed by atoms with Crippen LogP contribution in [0.2, 0.25) is 0 Å². The highest BCUT2D eigenvalue weighted by atomic mass is 35.5. The Balaban J connectivity index is 1.38. The molecule has 3 aromatic rings. The van der Waals surface area contributed by atoms with Crippen molar-refractivity contribution in [3.8, 4) is 5.75 Å². The lowest BCUT2D eigenvalue weighted by Crippen LogP contribution is -2.60. The number of benzene rings is 3. The smallest absolute Gasteiger partial charge is 0.269 e. The van der Waals surface area contributed by atoms with Gasteiger partial charge in [-0.2, -0.15) is 0 Å². The van der Waals surface area contributed by atoms with Crippen LogP contribution in [0.4, 0.5) is 39.0 Å². The maximum atomic E-state index is 15.2. The third-order valence-electron chi connectivity index (χ3n) is 10.1. The first-order chi connectivity index (χ1) is 24.6. The number of allylic oxidation sites excluding steroid dienone is 2. The molecule has 4 amide bonds. The molecule has 2 heterocycles. The number of aliphatic hydroxyl groups excluding tert-OH is 1. The Labute approximate surface area is 299 Å². The average Bonchev–Trinajstić information content (AvgIpc) is 3.47. The van der Waals surface area contributed by atoms with Crippen molar-refractivity contribution in [2.75, 3.05) is 23.0 Å². The van der Waals surface area contributed by atoms with Gasteiger partial charge in [-0.15, -0.1) is 23.2 Å². The van der Waals surface area contributed by atoms with Gasteiger partial charge in [0.2, 0.25) is 17.6 Å². The summed E-state index contributed by atoms with van der Waals surface area (Å²) in [7, 11) is 0. The highest BCUT2D eigenvalue weighted by Gasteiger charge is 2.77. The number of rotatable bonds is 7. The van der Waals surface area contributed by atoms with E-state index >= 15 is 8.78 Å². The first kappa shape index (κ1) is 35.5. The minimum Gasteiger partial charge on any atom is -0.491 e. The summed E-state index contributed by atoms with van der Waals surface area (Å²) in [6, 6.07) is 10.3. The topological polar surface area (TPSA) is 147 Å². The molecule has 1 saturated carbocycles. The molecule has 52 heavy (non-hydrogen) atoms. The van der Waals surface area contributed by atoms with Crippen LogP contribution in [0.1, 0.15) is 24.3 Å². The van der Waals surface area contributed by atoms with Gasteiger partial charge in [-0.3, -0.25) is 34.2 Å². The van der Waals surface area contributed by atoms with E-state index in [9.17, 15) is 42.5 Å². The number of aliphatic hydroxyl groups is 1. The summed E-state index contributed by atoms with van der Waals surface area (Å²) < 4.78 is 78.7. The Kier molecular flexibility index (Phi) is 8.42. The number of amides is 4. The molecule has 7 rings (SSSR count). The third-order valence-corrected chi connectivity index (χ3v) is 11.5. The molecule has 3 fully saturated rings. The van der Waals surface area contributed by atoms with Crippen molar-refractivity contribution in [1.82, 2.24) is 0 Å². The number of nitrogens with zero attached hydrogens (tertiary/aromatic N) is 3. The summed E-state index contributed by atoms with van der Waals surface area (Å²) in [5, 5.41) is 20.3. The molecule has 18 heteroatoms. The van der Waals surface area contributed by atoms with Gasteiger partial charge in [-0.1, -0.05) is 23.8 Å². The van der Waals surface area contributed by atoms with E-state index in [0.29, 0.717) is 0 Å². The lowest BCUT2D eigenvalue weighted by molar-refractivity contribution is -0.384. The Morgan fingerprint density at radius 1 is 0.827 bits per heavy atom. The number of carbonyl (C=O) groups is 4. The quantitative estimate of drug-likeness (QED) is 0.0490. The first-order valence-electron chi connectivity index (χ1n) is 15.5. The van der Waals surface area contributed by atoms with Crippen LogP contribution in [0.3, 0.4) is 0 Å². The minimum atomic E-state index is -2.70. The summed E-state index contributed by atoms with van der Waals surface area (Å²) in [6.07, 6.45) is 0.754. The van der Waals surface area contributed by atoms with Crippen LogP contribution in [0, 0.1) is 57.0 Å². The van der Waals surface area contributed by atoms with Gasteiger partial charge >= 0.3 is 0 Å². The Morgan fingerprint density at radius 3 is 2.00 bits per heavy atom. The zero-order valence-corrected chi connectivity index (χ0v) is 27.6. The molecule has 0 spiro atoms. The standard InChI is InChI=1S/C34H22Cl2F5N3O8/c35-33-13-20-18(9-10-19-21(20)30(47)42(29(19)46)15-3-5-16(6-4-15)44(50)51)22(14-1-7-17(8-2-14)52-12-11-45)34(33,36)32(49)43(31(33)48)28-26(40)24(38)23(37)25(39)27(28)41/h1-9,19-22,45H,10-13H2. The zero-order valence-electron chi connectivity index (χ0n) is 26.1. The number of nitro groups is 1. The third kappa shape index (κ3) is 4.73. The van der Waals surface area contributed by atoms with Crippen LogP contribution < -0.4 is 14.5 Å². The van der Waals surface area contributed by atoms with Gasteiger partial charge in [0.1, 0.15) is 18.0 Å². The van der Waals surface area contributed by atoms with Crippen molar-refractivity contribution in [3.05, 3.63) is 105 Å². The van der Waals surface area contributed by atoms with E-state index in [4.69, 9.17) is 33.0 Å². The van der Waals surface area contributed by atoms with Crippen LogP contribution in [0.25, 0.3) is 0 Å². The minimum absolute atomic E-state index is 0.0132. The van der Waals surface area contributed by atoms with Crippen LogP contribution in [-0.2, 0) is 19.2 Å². The number of hydrogen-bond acceptors (Lipinski definition) is 8. The molecule has 0 aromatic heterocycles. The molecule has 2 aliphatic heterocycles. The lowest BCUT2D eigenvalue weighted by atomic mass is 9.56. The van der Waals surface area contributed by atoms with Gasteiger partial charge in [0.25, 0.3) is 17.5 Å². The lowest BCUT2D eigenvalue weighted by Gasteiger charge is -2.50. The number of non-ortho nitro benzene ring substituents is 1. The van der Waals surface area contributed by atoms with Gasteiger partial charge in [0, 0.05) is 18.1 Å². The van der Waals surface area contributed by atoms with Gasteiger partial charge in [-0.05, 0) is 48.6 Å². The maximum Gasteiger partial charge on any atom is 0.269 e. The van der Waals surface area contributed by atoms with E-state index in [-0.39, 0.29) is 52.8 Å². The molecule has 2 aliphatic carbocycles. The second kappa shape index (κ2) is 12.3. The van der Waals surface area contributed by atoms with Crippen molar-refractivity contribution in [1.29, 1.82) is 0 Å². The molecule has 1 N–H and O–H groups in total. The molecule has 0 bridgehead atoms. The van der Waals surface area contributed by atoms with Crippen LogP contribution in [0.15, 0.2) is 60.2 Å². The number of hydrogen-bond donors (Lipinski definition) is 1. The predicted octanol–water partition coefficient (Wildman–Crippen LogP) is 5.43. The molecule has 6 atom stereocenters. The van der Waals surface area contributed by atoms with Crippen molar-refractivity contribution in [2.24, 2.45) is 17.8 Å². The number of halogens is 7. The second-order valence-electron chi connectivity index (χ2n) is 12.6. The molecule has 270 valence electrons. The van der Waals surface area contributed by atoms with E-state index < -0.39 is 103 Å². The normalized spacial score (nSPS) is 28.1. The average molecular weight is 766 g/mol. The highest BCUT2D eigenvalue weighted by molar-refractivity contribution is 6.58. The largest absolute Gasteiger partial charge is 0.491 e. The molecule has 3 aromatic carbocycles. The number of carbonyl (C=O) groups excluding carboxylic acids is 4. The Morgan fingerprint density at radius 2 is 1.42 bits per heavy atom. The highest BCUT2D eigenvalue weighted by Crippen LogP contribution is 2.66. The fourth-order valence-electron chi connectivity index (χ4n) is 7.84. The van der Waals surface area contributed by atoms with E-state index in [0.717, 1.165) is 17.0 Å². The summed E-state index contributed by atoms with van der Waals surface area (Å²) in [5.74, 6) is -21.8. The van der Waals surface area contributed by atoms with Crippen molar-refractivity contribution < 1.29 is 55.9 Å². The molecule has 11 nitrogen and oxygen atoms in total. The number of alkyl halides is 2. The monoisotopic (exact) mass is 765 g/mol. The number of nitro benzene ring substituents is 1. The number of imide groups is 2. The van der Waals surface area contributed by atoms with Gasteiger partial charge in [0.05, 0.1) is 29.1 Å². The fraction of sp³-hybridized carbons (Fsp3) is 0.294. The van der Waals surface area contributed by atoms with Gasteiger partial charge in [-0.25, -0.2) is 26.9 Å². The SMILES string of the molecule is O=C1C2CC=C3C(CC4(Cl)C(=O)N(c5c(F)c(F)c(F)c(F)c5F)C(=O)C4(Cl)C3c3ccc(OCCO)cc3)C2C(=O)N1c1ccc([N+](=O)[O-])cc1. The molecular formula is C34H22Cl2F5N3O8. The van der Waals surface area contributed by atoms with Crippen molar-refractivity contribution in [2.45, 2.75) is 28.5 Å². The van der Waals surface area contributed by atoms with Gasteiger partial charge < -0.3 is 9.84 Å². The van der Waals surface area contributed by atoms with Crippen LogP contribution in [-0.4, -0.2) is 56.6 Å². The van der Waals surface area contributed by atoms with E-state index in [1.165, 1.54) is 42.5 Å². The van der Waals surface area contributed by atoms with Crippen molar-refractivity contribution >= 4 is 63.9 Å². The molecule has 2 saturated heterocycles. The molecule has 0 radical (unpaired) electrons. The van der Waals surface area contributed by atoms with Gasteiger partial charge in [0.15, 0.2) is 33.0 Å². The zero-order chi connectivity index (χ0) is 37.6. The maximum absolute atomic E-state index is 15.2. The van der Waals surface area contributed by atoms with Crippen LogP contribution in [0.5, 0.6) is 5.75 Å². The summed E-state index contributed by atoms with van der Waals surface area (Å²) in [5.41, 5.74) is -1.78.